The topological polar surface area (TPSA) is 18.5 Å². The van der Waals surface area contributed by atoms with Crippen LogP contribution in [0.2, 0.25) is 0 Å². The summed E-state index contributed by atoms with van der Waals surface area (Å²) in [5.41, 5.74) is 0. The van der Waals surface area contributed by atoms with Crippen molar-refractivity contribution in [3.8, 4) is 0 Å². The molecule has 0 spiro atoms. The van der Waals surface area contributed by atoms with E-state index in [0.29, 0.717) is 0 Å². The lowest BCUT2D eigenvalue weighted by molar-refractivity contribution is 0.0600. The lowest BCUT2D eigenvalue weighted by Crippen LogP contribution is -2.54. The van der Waals surface area contributed by atoms with Crippen molar-refractivity contribution >= 4 is 0 Å². The Kier molecular flexibility index (Phi) is 5.05. The van der Waals surface area contributed by atoms with Crippen molar-refractivity contribution < 1.29 is 0 Å². The highest BCUT2D eigenvalue weighted by atomic mass is 15.3. The number of piperidine rings is 1. The average Bonchev–Trinajstić information content (AvgIpc) is 2.66. The lowest BCUT2D eigenvalue weighted by Gasteiger charge is -2.43. The molecule has 0 aromatic heterocycles. The van der Waals surface area contributed by atoms with E-state index in [1.54, 1.807) is 0 Å². The molecular weight excluding hydrogens is 222 g/mol. The molecule has 2 bridgehead atoms. The Bertz CT molecular complexity index is 238. The van der Waals surface area contributed by atoms with Gasteiger partial charge in [0.05, 0.1) is 0 Å². The molecule has 0 radical (unpaired) electrons. The van der Waals surface area contributed by atoms with E-state index in [9.17, 15) is 0 Å². The zero-order valence-corrected chi connectivity index (χ0v) is 12.7. The van der Waals surface area contributed by atoms with E-state index in [1.165, 1.54) is 45.3 Å². The summed E-state index contributed by atoms with van der Waals surface area (Å²) in [6.07, 6.45) is 5.56. The molecule has 2 aliphatic rings. The predicted molar refractivity (Wildman–Crippen MR) is 78.0 cm³/mol. The Labute approximate surface area is 113 Å². The number of likely N-dealkylation sites (N-methyl/N-ethyl adjacent to an activating group) is 1. The fourth-order valence-corrected chi connectivity index (χ4v) is 4.12. The van der Waals surface area contributed by atoms with E-state index >= 15 is 0 Å². The zero-order chi connectivity index (χ0) is 13.1. The SMILES string of the molecule is CCN(CC)CC(C)N1C2CCC1CC(NC)C2. The predicted octanol–water partition coefficient (Wildman–Crippen LogP) is 1.93. The number of nitrogens with zero attached hydrogens (tertiary/aromatic N) is 2. The van der Waals surface area contributed by atoms with Gasteiger partial charge in [-0.25, -0.2) is 0 Å². The summed E-state index contributed by atoms with van der Waals surface area (Å²) in [6, 6.07) is 3.16. The van der Waals surface area contributed by atoms with Crippen LogP contribution in [0.3, 0.4) is 0 Å². The molecule has 3 unspecified atom stereocenters. The fourth-order valence-electron chi connectivity index (χ4n) is 4.12. The van der Waals surface area contributed by atoms with Gasteiger partial charge in [-0.3, -0.25) is 4.90 Å². The summed E-state index contributed by atoms with van der Waals surface area (Å²) in [6.45, 7) is 10.6. The van der Waals surface area contributed by atoms with Crippen LogP contribution in [-0.4, -0.2) is 60.6 Å². The van der Waals surface area contributed by atoms with Crippen LogP contribution in [0.5, 0.6) is 0 Å². The Morgan fingerprint density at radius 3 is 2.17 bits per heavy atom. The van der Waals surface area contributed by atoms with Crippen molar-refractivity contribution in [3.63, 3.8) is 0 Å². The number of rotatable bonds is 6. The highest BCUT2D eigenvalue weighted by molar-refractivity contribution is 4.99. The molecule has 2 heterocycles. The van der Waals surface area contributed by atoms with Crippen LogP contribution in [0.15, 0.2) is 0 Å². The van der Waals surface area contributed by atoms with Crippen LogP contribution in [0.4, 0.5) is 0 Å². The van der Waals surface area contributed by atoms with Gasteiger partial charge in [-0.15, -0.1) is 0 Å². The van der Waals surface area contributed by atoms with Crippen molar-refractivity contribution in [2.24, 2.45) is 0 Å². The normalized spacial score (nSPS) is 34.2. The van der Waals surface area contributed by atoms with Crippen molar-refractivity contribution in [3.05, 3.63) is 0 Å². The molecule has 3 atom stereocenters. The van der Waals surface area contributed by atoms with Crippen LogP contribution in [0.25, 0.3) is 0 Å². The maximum absolute atomic E-state index is 3.49. The monoisotopic (exact) mass is 253 g/mol. The van der Waals surface area contributed by atoms with Crippen molar-refractivity contribution in [1.29, 1.82) is 0 Å². The minimum atomic E-state index is 0.722. The van der Waals surface area contributed by atoms with E-state index in [2.05, 4.69) is 42.9 Å². The van der Waals surface area contributed by atoms with E-state index in [4.69, 9.17) is 0 Å². The minimum absolute atomic E-state index is 0.722. The number of nitrogens with one attached hydrogen (secondary N) is 1. The van der Waals surface area contributed by atoms with Crippen molar-refractivity contribution in [1.82, 2.24) is 15.1 Å². The van der Waals surface area contributed by atoms with E-state index in [0.717, 1.165) is 24.2 Å². The molecule has 0 aromatic carbocycles. The first kappa shape index (κ1) is 14.3. The first-order chi connectivity index (χ1) is 8.69. The second-order valence-electron chi connectivity index (χ2n) is 6.12. The van der Waals surface area contributed by atoms with Gasteiger partial charge in [-0.1, -0.05) is 13.8 Å². The summed E-state index contributed by atoms with van der Waals surface area (Å²) in [5.74, 6) is 0. The van der Waals surface area contributed by atoms with Crippen molar-refractivity contribution in [2.75, 3.05) is 26.7 Å². The van der Waals surface area contributed by atoms with Gasteiger partial charge < -0.3 is 10.2 Å². The van der Waals surface area contributed by atoms with Gasteiger partial charge in [0.2, 0.25) is 0 Å². The van der Waals surface area contributed by atoms with E-state index < -0.39 is 0 Å². The molecule has 2 aliphatic heterocycles. The van der Waals surface area contributed by atoms with Gasteiger partial charge in [0.15, 0.2) is 0 Å². The molecule has 106 valence electrons. The molecule has 3 nitrogen and oxygen atoms in total. The smallest absolute Gasteiger partial charge is 0.0200 e. The maximum atomic E-state index is 3.49. The van der Waals surface area contributed by atoms with Gasteiger partial charge in [-0.05, 0) is 52.7 Å². The molecule has 0 amide bonds. The molecule has 0 aliphatic carbocycles. The summed E-state index contributed by atoms with van der Waals surface area (Å²) < 4.78 is 0. The zero-order valence-electron chi connectivity index (χ0n) is 12.7. The molecule has 2 fully saturated rings. The Morgan fingerprint density at radius 2 is 1.72 bits per heavy atom. The molecule has 2 rings (SSSR count). The summed E-state index contributed by atoms with van der Waals surface area (Å²) >= 11 is 0. The molecule has 0 saturated carbocycles. The van der Waals surface area contributed by atoms with Crippen LogP contribution in [0.1, 0.15) is 46.5 Å². The van der Waals surface area contributed by atoms with Gasteiger partial charge in [0, 0.05) is 30.7 Å². The molecule has 3 heteroatoms. The summed E-state index contributed by atoms with van der Waals surface area (Å²) in [4.78, 5) is 5.40. The Hall–Kier alpha value is -0.120. The largest absolute Gasteiger partial charge is 0.317 e. The van der Waals surface area contributed by atoms with Gasteiger partial charge in [0.1, 0.15) is 0 Å². The molecule has 2 saturated heterocycles. The minimum Gasteiger partial charge on any atom is -0.317 e. The van der Waals surface area contributed by atoms with Gasteiger partial charge in [0.25, 0.3) is 0 Å². The first-order valence-corrected chi connectivity index (χ1v) is 7.86. The second kappa shape index (κ2) is 6.36. The van der Waals surface area contributed by atoms with Crippen LogP contribution in [0, 0.1) is 0 Å². The third kappa shape index (κ3) is 2.89. The summed E-state index contributed by atoms with van der Waals surface area (Å²) in [5, 5.41) is 3.49. The quantitative estimate of drug-likeness (QED) is 0.780. The molecule has 0 aromatic rings. The van der Waals surface area contributed by atoms with Crippen molar-refractivity contribution in [2.45, 2.75) is 70.6 Å². The second-order valence-corrected chi connectivity index (χ2v) is 6.12. The third-order valence-electron chi connectivity index (χ3n) is 5.12. The Morgan fingerprint density at radius 1 is 1.17 bits per heavy atom. The molecule has 18 heavy (non-hydrogen) atoms. The third-order valence-corrected chi connectivity index (χ3v) is 5.12. The van der Waals surface area contributed by atoms with Crippen LogP contribution in [-0.2, 0) is 0 Å². The first-order valence-electron chi connectivity index (χ1n) is 7.86. The maximum Gasteiger partial charge on any atom is 0.0200 e. The standard InChI is InChI=1S/C15H31N3/c1-5-17(6-2)11-12(3)18-14-7-8-15(18)10-13(9-14)16-4/h12-16H,5-11H2,1-4H3. The van der Waals surface area contributed by atoms with Gasteiger partial charge >= 0.3 is 0 Å². The lowest BCUT2D eigenvalue weighted by atomic mass is 9.95. The highest BCUT2D eigenvalue weighted by Crippen LogP contribution is 2.37. The molecule has 1 N–H and O–H groups in total. The fraction of sp³-hybridized carbons (Fsp3) is 1.00. The van der Waals surface area contributed by atoms with E-state index in [-0.39, 0.29) is 0 Å². The van der Waals surface area contributed by atoms with Crippen LogP contribution >= 0.6 is 0 Å². The van der Waals surface area contributed by atoms with Gasteiger partial charge in [-0.2, -0.15) is 0 Å². The molecular formula is C15H31N3. The summed E-state index contributed by atoms with van der Waals surface area (Å²) in [7, 11) is 2.12. The number of hydrogen-bond donors (Lipinski definition) is 1. The number of hydrogen-bond acceptors (Lipinski definition) is 3. The Balaban J connectivity index is 1.93. The number of fused-ring (bicyclic) bond motifs is 2. The van der Waals surface area contributed by atoms with Crippen LogP contribution < -0.4 is 5.32 Å². The average molecular weight is 253 g/mol. The highest BCUT2D eigenvalue weighted by Gasteiger charge is 2.42. The van der Waals surface area contributed by atoms with E-state index in [1.807, 2.05) is 0 Å².